The normalized spacial score (nSPS) is 11.8. The van der Waals surface area contributed by atoms with Gasteiger partial charge in [-0.1, -0.05) is 42.5 Å². The van der Waals surface area contributed by atoms with Crippen LogP contribution in [0.15, 0.2) is 73.1 Å². The Morgan fingerprint density at radius 1 is 1.00 bits per heavy atom. The molecule has 1 aromatic heterocycles. The number of aryl methyl sites for hydroxylation is 2. The van der Waals surface area contributed by atoms with Crippen molar-refractivity contribution in [1.29, 1.82) is 0 Å². The van der Waals surface area contributed by atoms with Gasteiger partial charge in [-0.15, -0.1) is 0 Å². The Labute approximate surface area is 154 Å². The van der Waals surface area contributed by atoms with Gasteiger partial charge in [-0.25, -0.2) is 0 Å². The first-order valence-electron chi connectivity index (χ1n) is 8.69. The molecule has 0 radical (unpaired) electrons. The zero-order valence-electron chi connectivity index (χ0n) is 15.1. The lowest BCUT2D eigenvalue weighted by Gasteiger charge is -2.20. The van der Waals surface area contributed by atoms with Crippen molar-refractivity contribution in [3.8, 4) is 0 Å². The van der Waals surface area contributed by atoms with Crippen molar-refractivity contribution in [1.82, 2.24) is 10.3 Å². The minimum Gasteiger partial charge on any atom is -0.324 e. The summed E-state index contributed by atoms with van der Waals surface area (Å²) >= 11 is 0. The van der Waals surface area contributed by atoms with E-state index in [4.69, 9.17) is 0 Å². The lowest BCUT2D eigenvalue weighted by atomic mass is 10.0. The summed E-state index contributed by atoms with van der Waals surface area (Å²) in [6, 6.07) is 19.3. The van der Waals surface area contributed by atoms with Crippen molar-refractivity contribution >= 4 is 11.6 Å². The molecule has 1 atom stereocenters. The molecule has 1 heterocycles. The molecule has 0 aliphatic rings. The van der Waals surface area contributed by atoms with Gasteiger partial charge in [0.1, 0.15) is 6.04 Å². The largest absolute Gasteiger partial charge is 0.324 e. The number of carbonyl (C=O) groups is 1. The summed E-state index contributed by atoms with van der Waals surface area (Å²) in [4.78, 5) is 17.0. The summed E-state index contributed by atoms with van der Waals surface area (Å²) < 4.78 is 0. The average molecular weight is 345 g/mol. The fraction of sp³-hybridized carbons (Fsp3) is 0.182. The Morgan fingerprint density at radius 2 is 1.73 bits per heavy atom. The Morgan fingerprint density at radius 3 is 2.46 bits per heavy atom. The van der Waals surface area contributed by atoms with Gasteiger partial charge in [-0.3, -0.25) is 15.1 Å². The van der Waals surface area contributed by atoms with Gasteiger partial charge in [0.2, 0.25) is 5.91 Å². The Balaban J connectivity index is 1.80. The quantitative estimate of drug-likeness (QED) is 0.705. The maximum atomic E-state index is 13.0. The van der Waals surface area contributed by atoms with Crippen molar-refractivity contribution in [2.24, 2.45) is 0 Å². The van der Waals surface area contributed by atoms with E-state index in [9.17, 15) is 4.79 Å². The first-order valence-corrected chi connectivity index (χ1v) is 8.69. The highest BCUT2D eigenvalue weighted by Crippen LogP contribution is 2.20. The minimum atomic E-state index is -0.440. The molecule has 0 aliphatic carbocycles. The van der Waals surface area contributed by atoms with Crippen LogP contribution >= 0.6 is 0 Å². The molecular weight excluding hydrogens is 322 g/mol. The number of pyridine rings is 1. The molecule has 26 heavy (non-hydrogen) atoms. The van der Waals surface area contributed by atoms with Crippen LogP contribution in [0.25, 0.3) is 0 Å². The van der Waals surface area contributed by atoms with Crippen LogP contribution in [0.3, 0.4) is 0 Å². The fourth-order valence-corrected chi connectivity index (χ4v) is 2.80. The molecule has 2 N–H and O–H groups in total. The van der Waals surface area contributed by atoms with Crippen molar-refractivity contribution in [3.63, 3.8) is 0 Å². The number of hydrogen-bond acceptors (Lipinski definition) is 3. The number of aromatic nitrogens is 1. The first-order chi connectivity index (χ1) is 12.6. The van der Waals surface area contributed by atoms with E-state index in [1.54, 1.807) is 12.4 Å². The minimum absolute atomic E-state index is 0.0704. The molecule has 4 nitrogen and oxygen atoms in total. The summed E-state index contributed by atoms with van der Waals surface area (Å²) in [7, 11) is 0. The van der Waals surface area contributed by atoms with Crippen molar-refractivity contribution < 1.29 is 4.79 Å². The van der Waals surface area contributed by atoms with Crippen LogP contribution in [-0.2, 0) is 11.3 Å². The number of rotatable bonds is 6. The Kier molecular flexibility index (Phi) is 5.77. The maximum absolute atomic E-state index is 13.0. The van der Waals surface area contributed by atoms with E-state index in [2.05, 4.69) is 15.6 Å². The van der Waals surface area contributed by atoms with Gasteiger partial charge in [-0.2, -0.15) is 0 Å². The zero-order valence-corrected chi connectivity index (χ0v) is 15.1. The second-order valence-corrected chi connectivity index (χ2v) is 6.39. The summed E-state index contributed by atoms with van der Waals surface area (Å²) in [6.07, 6.45) is 3.51. The summed E-state index contributed by atoms with van der Waals surface area (Å²) in [6.45, 7) is 4.60. The molecule has 1 amide bonds. The zero-order chi connectivity index (χ0) is 18.4. The number of nitrogens with zero attached hydrogens (tertiary/aromatic N) is 1. The highest BCUT2D eigenvalue weighted by Gasteiger charge is 2.20. The van der Waals surface area contributed by atoms with Gasteiger partial charge in [-0.05, 0) is 54.3 Å². The number of anilines is 1. The summed E-state index contributed by atoms with van der Waals surface area (Å²) in [5.41, 5.74) is 5.03. The number of amides is 1. The molecule has 0 saturated heterocycles. The smallest absolute Gasteiger partial charge is 0.246 e. The summed E-state index contributed by atoms with van der Waals surface area (Å²) in [5, 5.41) is 6.44. The molecule has 132 valence electrons. The molecule has 0 unspecified atom stereocenters. The predicted molar refractivity (Wildman–Crippen MR) is 105 cm³/mol. The molecule has 0 fully saturated rings. The lowest BCUT2D eigenvalue weighted by molar-refractivity contribution is -0.118. The highest BCUT2D eigenvalue weighted by molar-refractivity contribution is 5.96. The molecule has 4 heteroatoms. The second kappa shape index (κ2) is 8.41. The average Bonchev–Trinajstić information content (AvgIpc) is 2.66. The van der Waals surface area contributed by atoms with E-state index in [1.807, 2.05) is 74.5 Å². The third-order valence-corrected chi connectivity index (χ3v) is 4.31. The number of benzene rings is 2. The number of hydrogen-bond donors (Lipinski definition) is 2. The van der Waals surface area contributed by atoms with E-state index in [0.717, 1.165) is 27.9 Å². The molecule has 0 spiro atoms. The van der Waals surface area contributed by atoms with Crippen LogP contribution in [0.2, 0.25) is 0 Å². The molecule has 0 saturated carbocycles. The third kappa shape index (κ3) is 4.55. The number of nitrogens with one attached hydrogen (secondary N) is 2. The summed E-state index contributed by atoms with van der Waals surface area (Å²) in [5.74, 6) is -0.0704. The standard InChI is InChI=1S/C22H23N3O/c1-16-8-9-17(2)20(14-16)25-22(26)21(19-6-4-3-5-7-19)24-15-18-10-12-23-13-11-18/h3-14,21,24H,15H2,1-2H3,(H,25,26)/t21-/m1/s1. The first kappa shape index (κ1) is 17.8. The molecule has 2 aromatic carbocycles. The van der Waals surface area contributed by atoms with E-state index in [-0.39, 0.29) is 5.91 Å². The topological polar surface area (TPSA) is 54.0 Å². The SMILES string of the molecule is Cc1ccc(C)c(NC(=O)[C@H](NCc2ccncc2)c2ccccc2)c1. The van der Waals surface area contributed by atoms with Crippen LogP contribution in [0.1, 0.15) is 28.3 Å². The van der Waals surface area contributed by atoms with E-state index >= 15 is 0 Å². The van der Waals surface area contributed by atoms with Crippen LogP contribution in [0.4, 0.5) is 5.69 Å². The van der Waals surface area contributed by atoms with Crippen LogP contribution in [0, 0.1) is 13.8 Å². The molecule has 3 aromatic rings. The van der Waals surface area contributed by atoms with Crippen LogP contribution < -0.4 is 10.6 Å². The van der Waals surface area contributed by atoms with Crippen molar-refractivity contribution in [2.45, 2.75) is 26.4 Å². The molecular formula is C22H23N3O. The predicted octanol–water partition coefficient (Wildman–Crippen LogP) is 4.17. The van der Waals surface area contributed by atoms with E-state index < -0.39 is 6.04 Å². The van der Waals surface area contributed by atoms with Gasteiger partial charge in [0, 0.05) is 24.6 Å². The third-order valence-electron chi connectivity index (χ3n) is 4.31. The second-order valence-electron chi connectivity index (χ2n) is 6.39. The fourth-order valence-electron chi connectivity index (χ4n) is 2.80. The highest BCUT2D eigenvalue weighted by atomic mass is 16.2. The van der Waals surface area contributed by atoms with Crippen molar-refractivity contribution in [3.05, 3.63) is 95.3 Å². The van der Waals surface area contributed by atoms with Crippen LogP contribution in [-0.4, -0.2) is 10.9 Å². The van der Waals surface area contributed by atoms with E-state index in [1.165, 1.54) is 0 Å². The Hall–Kier alpha value is -2.98. The van der Waals surface area contributed by atoms with Crippen molar-refractivity contribution in [2.75, 3.05) is 5.32 Å². The van der Waals surface area contributed by atoms with Gasteiger partial charge in [0.25, 0.3) is 0 Å². The van der Waals surface area contributed by atoms with Gasteiger partial charge in [0.15, 0.2) is 0 Å². The lowest BCUT2D eigenvalue weighted by Crippen LogP contribution is -2.33. The molecule has 0 bridgehead atoms. The molecule has 3 rings (SSSR count). The molecule has 0 aliphatic heterocycles. The Bertz CT molecular complexity index is 863. The van der Waals surface area contributed by atoms with Gasteiger partial charge in [0.05, 0.1) is 0 Å². The van der Waals surface area contributed by atoms with Crippen LogP contribution in [0.5, 0.6) is 0 Å². The monoisotopic (exact) mass is 345 g/mol. The van der Waals surface area contributed by atoms with E-state index in [0.29, 0.717) is 6.54 Å². The van der Waals surface area contributed by atoms with Gasteiger partial charge < -0.3 is 5.32 Å². The van der Waals surface area contributed by atoms with Gasteiger partial charge >= 0.3 is 0 Å². The maximum Gasteiger partial charge on any atom is 0.246 e. The number of carbonyl (C=O) groups excluding carboxylic acids is 1.